The minimum Gasteiger partial charge on any atom is -0.497 e. The van der Waals surface area contributed by atoms with Crippen molar-refractivity contribution in [3.05, 3.63) is 102 Å². The number of nitrogens with one attached hydrogen (secondary N) is 1. The van der Waals surface area contributed by atoms with Crippen molar-refractivity contribution in [2.24, 2.45) is 0 Å². The molecule has 0 unspecified atom stereocenters. The lowest BCUT2D eigenvalue weighted by molar-refractivity contribution is -0.671. The SMILES string of the molecule is COc1cccc(C[NH2+]C[C@H](c2ccccc2)c2c[nH]c3ccccc23)c1. The lowest BCUT2D eigenvalue weighted by Crippen LogP contribution is -2.83. The summed E-state index contributed by atoms with van der Waals surface area (Å²) in [5, 5.41) is 3.69. The Balaban J connectivity index is 1.57. The number of aromatic nitrogens is 1. The second-order valence-corrected chi connectivity index (χ2v) is 6.83. The Labute approximate surface area is 160 Å². The van der Waals surface area contributed by atoms with Crippen molar-refractivity contribution in [2.75, 3.05) is 13.7 Å². The Morgan fingerprint density at radius 3 is 2.59 bits per heavy atom. The van der Waals surface area contributed by atoms with Crippen molar-refractivity contribution < 1.29 is 10.1 Å². The number of nitrogens with two attached hydrogens (primary N) is 1. The first-order valence-corrected chi connectivity index (χ1v) is 9.40. The smallest absolute Gasteiger partial charge is 0.119 e. The zero-order valence-electron chi connectivity index (χ0n) is 15.6. The molecule has 4 aromatic rings. The van der Waals surface area contributed by atoms with Gasteiger partial charge in [-0.05, 0) is 29.3 Å². The van der Waals surface area contributed by atoms with Crippen LogP contribution in [0.1, 0.15) is 22.6 Å². The normalized spacial score (nSPS) is 12.2. The summed E-state index contributed by atoms with van der Waals surface area (Å²) in [4.78, 5) is 3.43. The molecule has 0 fully saturated rings. The molecule has 3 heteroatoms. The maximum absolute atomic E-state index is 5.34. The highest BCUT2D eigenvalue weighted by molar-refractivity contribution is 5.84. The Morgan fingerprint density at radius 2 is 1.74 bits per heavy atom. The van der Waals surface area contributed by atoms with Crippen molar-refractivity contribution in [1.29, 1.82) is 0 Å². The van der Waals surface area contributed by atoms with Gasteiger partial charge in [-0.2, -0.15) is 0 Å². The molecular weight excluding hydrogens is 332 g/mol. The molecule has 0 radical (unpaired) electrons. The molecule has 136 valence electrons. The van der Waals surface area contributed by atoms with E-state index in [2.05, 4.69) is 89.3 Å². The molecule has 3 aromatic carbocycles. The van der Waals surface area contributed by atoms with Crippen LogP contribution >= 0.6 is 0 Å². The molecule has 0 amide bonds. The van der Waals surface area contributed by atoms with Crippen LogP contribution in [0.2, 0.25) is 0 Å². The van der Waals surface area contributed by atoms with Crippen LogP contribution in [0.15, 0.2) is 85.1 Å². The third-order valence-electron chi connectivity index (χ3n) is 5.12. The van der Waals surface area contributed by atoms with Crippen LogP contribution in [0.25, 0.3) is 10.9 Å². The van der Waals surface area contributed by atoms with Gasteiger partial charge in [0.1, 0.15) is 12.3 Å². The fourth-order valence-corrected chi connectivity index (χ4v) is 3.73. The molecule has 0 aliphatic rings. The summed E-state index contributed by atoms with van der Waals surface area (Å²) < 4.78 is 5.34. The topological polar surface area (TPSA) is 41.6 Å². The molecule has 0 aliphatic heterocycles. The number of quaternary nitrogens is 1. The van der Waals surface area contributed by atoms with E-state index < -0.39 is 0 Å². The predicted molar refractivity (Wildman–Crippen MR) is 110 cm³/mol. The zero-order chi connectivity index (χ0) is 18.5. The quantitative estimate of drug-likeness (QED) is 0.514. The fourth-order valence-electron chi connectivity index (χ4n) is 3.73. The number of hydrogen-bond acceptors (Lipinski definition) is 1. The maximum atomic E-state index is 5.34. The second-order valence-electron chi connectivity index (χ2n) is 6.83. The second kappa shape index (κ2) is 8.11. The summed E-state index contributed by atoms with van der Waals surface area (Å²) in [6.07, 6.45) is 2.17. The van der Waals surface area contributed by atoms with Gasteiger partial charge in [-0.3, -0.25) is 0 Å². The van der Waals surface area contributed by atoms with E-state index in [4.69, 9.17) is 4.74 Å². The lowest BCUT2D eigenvalue weighted by Gasteiger charge is -2.16. The van der Waals surface area contributed by atoms with Crippen LogP contribution in [-0.2, 0) is 6.54 Å². The molecule has 27 heavy (non-hydrogen) atoms. The van der Waals surface area contributed by atoms with Crippen molar-refractivity contribution in [2.45, 2.75) is 12.5 Å². The van der Waals surface area contributed by atoms with Crippen LogP contribution in [0.3, 0.4) is 0 Å². The molecule has 0 saturated carbocycles. The number of aromatic amines is 1. The van der Waals surface area contributed by atoms with Gasteiger partial charge in [0, 0.05) is 22.7 Å². The van der Waals surface area contributed by atoms with Crippen LogP contribution < -0.4 is 10.1 Å². The van der Waals surface area contributed by atoms with Gasteiger partial charge >= 0.3 is 0 Å². The van der Waals surface area contributed by atoms with E-state index in [9.17, 15) is 0 Å². The Morgan fingerprint density at radius 1 is 0.926 bits per heavy atom. The van der Waals surface area contributed by atoms with Crippen molar-refractivity contribution in [1.82, 2.24) is 4.98 Å². The van der Waals surface area contributed by atoms with Crippen LogP contribution in [0.5, 0.6) is 5.75 Å². The van der Waals surface area contributed by atoms with E-state index >= 15 is 0 Å². The number of ether oxygens (including phenoxy) is 1. The number of para-hydroxylation sites is 1. The minimum atomic E-state index is 0.341. The largest absolute Gasteiger partial charge is 0.497 e. The molecule has 3 N–H and O–H groups in total. The van der Waals surface area contributed by atoms with Gasteiger partial charge in [0.15, 0.2) is 0 Å². The minimum absolute atomic E-state index is 0.341. The van der Waals surface area contributed by atoms with E-state index in [1.54, 1.807) is 7.11 Å². The Kier molecular flexibility index (Phi) is 5.22. The van der Waals surface area contributed by atoms with E-state index in [-0.39, 0.29) is 0 Å². The summed E-state index contributed by atoms with van der Waals surface area (Å²) in [6, 6.07) is 27.6. The lowest BCUT2D eigenvalue weighted by atomic mass is 9.91. The van der Waals surface area contributed by atoms with E-state index in [1.807, 2.05) is 6.07 Å². The third kappa shape index (κ3) is 3.88. The number of benzene rings is 3. The molecule has 0 spiro atoms. The Hall–Kier alpha value is -3.04. The van der Waals surface area contributed by atoms with Crippen LogP contribution in [0, 0.1) is 0 Å². The molecule has 4 rings (SSSR count). The molecular formula is C24H25N2O+. The highest BCUT2D eigenvalue weighted by Gasteiger charge is 2.19. The summed E-state index contributed by atoms with van der Waals surface area (Å²) in [5.74, 6) is 1.25. The molecule has 1 atom stereocenters. The third-order valence-corrected chi connectivity index (χ3v) is 5.12. The number of H-pyrrole nitrogens is 1. The average Bonchev–Trinajstić information content (AvgIpc) is 3.16. The molecule has 0 bridgehead atoms. The average molecular weight is 357 g/mol. The molecule has 3 nitrogen and oxygen atoms in total. The first-order chi connectivity index (χ1) is 13.3. The fraction of sp³-hybridized carbons (Fsp3) is 0.167. The maximum Gasteiger partial charge on any atom is 0.119 e. The number of hydrogen-bond donors (Lipinski definition) is 2. The van der Waals surface area contributed by atoms with Crippen molar-refractivity contribution in [3.63, 3.8) is 0 Å². The monoisotopic (exact) mass is 357 g/mol. The molecule has 1 aromatic heterocycles. The first-order valence-electron chi connectivity index (χ1n) is 9.40. The van der Waals surface area contributed by atoms with Gasteiger partial charge in [-0.1, -0.05) is 60.7 Å². The number of methoxy groups -OCH3 is 1. The van der Waals surface area contributed by atoms with Gasteiger partial charge in [0.25, 0.3) is 0 Å². The number of rotatable bonds is 7. The van der Waals surface area contributed by atoms with Gasteiger partial charge in [-0.25, -0.2) is 0 Å². The standard InChI is InChI=1S/C24H24N2O/c1-27-20-11-7-8-18(14-20)15-25-16-22(19-9-3-2-4-10-19)23-17-26-24-13-6-5-12-21(23)24/h2-14,17,22,25-26H,15-16H2,1H3/p+1/t22-/m1/s1. The van der Waals surface area contributed by atoms with E-state index in [0.29, 0.717) is 5.92 Å². The summed E-state index contributed by atoms with van der Waals surface area (Å²) in [7, 11) is 1.71. The summed E-state index contributed by atoms with van der Waals surface area (Å²) in [6.45, 7) is 1.92. The summed E-state index contributed by atoms with van der Waals surface area (Å²) in [5.41, 5.74) is 5.18. The summed E-state index contributed by atoms with van der Waals surface area (Å²) >= 11 is 0. The van der Waals surface area contributed by atoms with Crippen LogP contribution in [-0.4, -0.2) is 18.6 Å². The highest BCUT2D eigenvalue weighted by Crippen LogP contribution is 2.29. The highest BCUT2D eigenvalue weighted by atomic mass is 16.5. The van der Waals surface area contributed by atoms with Gasteiger partial charge in [-0.15, -0.1) is 0 Å². The number of fused-ring (bicyclic) bond motifs is 1. The van der Waals surface area contributed by atoms with Crippen LogP contribution in [0.4, 0.5) is 0 Å². The van der Waals surface area contributed by atoms with Crippen molar-refractivity contribution >= 4 is 10.9 Å². The molecule has 0 saturated heterocycles. The van der Waals surface area contributed by atoms with Gasteiger partial charge in [0.05, 0.1) is 19.6 Å². The molecule has 1 heterocycles. The van der Waals surface area contributed by atoms with Gasteiger partial charge < -0.3 is 15.0 Å². The molecule has 0 aliphatic carbocycles. The van der Waals surface area contributed by atoms with Gasteiger partial charge in [0.2, 0.25) is 0 Å². The predicted octanol–water partition coefficient (Wildman–Crippen LogP) is 4.07. The first kappa shape index (κ1) is 17.4. The Bertz CT molecular complexity index is 1010. The van der Waals surface area contributed by atoms with E-state index in [0.717, 1.165) is 18.8 Å². The van der Waals surface area contributed by atoms with Crippen molar-refractivity contribution in [3.8, 4) is 5.75 Å². The van der Waals surface area contributed by atoms with E-state index in [1.165, 1.54) is 27.6 Å². The zero-order valence-corrected chi connectivity index (χ0v) is 15.6.